The van der Waals surface area contributed by atoms with Gasteiger partial charge in [-0.3, -0.25) is 28.9 Å². The Kier molecular flexibility index (Phi) is 13.0. The molecule has 0 fully saturated rings. The molecule has 0 aliphatic heterocycles. The number of imide groups is 1. The number of unbranched alkanes of at least 4 members (excludes halogenated alkanes) is 2. The largest absolute Gasteiger partial charge is 0.347 e. The van der Waals surface area contributed by atoms with Crippen molar-refractivity contribution < 1.29 is 24.0 Å². The summed E-state index contributed by atoms with van der Waals surface area (Å²) < 4.78 is 0. The third-order valence-electron chi connectivity index (χ3n) is 3.72. The van der Waals surface area contributed by atoms with Crippen molar-refractivity contribution in [3.8, 4) is 0 Å². The normalized spacial score (nSPS) is 11.9. The highest BCUT2D eigenvalue weighted by atomic mass is 31.0. The van der Waals surface area contributed by atoms with Crippen LogP contribution >= 0.6 is 9.24 Å². The monoisotopic (exact) mass is 399 g/mol. The summed E-state index contributed by atoms with van der Waals surface area (Å²) in [4.78, 5) is 58.6. The molecule has 0 heterocycles. The number of hydrogen-bond acceptors (Lipinski definition) is 5. The first kappa shape index (κ1) is 24.9. The number of amides is 4. The van der Waals surface area contributed by atoms with Gasteiger partial charge in [-0.05, 0) is 31.8 Å². The van der Waals surface area contributed by atoms with Crippen LogP contribution in [0.4, 0.5) is 0 Å². The van der Waals surface area contributed by atoms with Crippen LogP contribution in [0.3, 0.4) is 0 Å². The fourth-order valence-electron chi connectivity index (χ4n) is 2.26. The zero-order valence-corrected chi connectivity index (χ0v) is 17.3. The second kappa shape index (κ2) is 14.0. The van der Waals surface area contributed by atoms with Gasteiger partial charge in [-0.2, -0.15) is 0 Å². The van der Waals surface area contributed by atoms with Crippen LogP contribution in [0.15, 0.2) is 12.2 Å². The lowest BCUT2D eigenvalue weighted by Gasteiger charge is -2.21. The van der Waals surface area contributed by atoms with Crippen LogP contribution in [0, 0.1) is 5.92 Å². The van der Waals surface area contributed by atoms with Crippen molar-refractivity contribution in [1.82, 2.24) is 15.5 Å². The maximum Gasteiger partial charge on any atom is 0.252 e. The van der Waals surface area contributed by atoms with Gasteiger partial charge in [0.15, 0.2) is 5.52 Å². The van der Waals surface area contributed by atoms with Crippen molar-refractivity contribution in [2.75, 3.05) is 13.1 Å². The third kappa shape index (κ3) is 11.3. The predicted octanol–water partition coefficient (Wildman–Crippen LogP) is 0.767. The maximum atomic E-state index is 12.1. The van der Waals surface area contributed by atoms with E-state index in [4.69, 9.17) is 0 Å². The first-order valence-corrected chi connectivity index (χ1v) is 9.54. The van der Waals surface area contributed by atoms with Crippen molar-refractivity contribution in [3.63, 3.8) is 0 Å². The average Bonchev–Trinajstić information content (AvgIpc) is 2.60. The zero-order valence-electron chi connectivity index (χ0n) is 16.2. The molecule has 8 nitrogen and oxygen atoms in total. The molecule has 0 saturated heterocycles. The van der Waals surface area contributed by atoms with Crippen LogP contribution in [0.1, 0.15) is 46.5 Å². The number of hydrogen-bond donors (Lipinski definition) is 2. The van der Waals surface area contributed by atoms with Gasteiger partial charge < -0.3 is 10.6 Å². The van der Waals surface area contributed by atoms with Crippen LogP contribution in [-0.4, -0.2) is 53.7 Å². The molecule has 0 radical (unpaired) electrons. The van der Waals surface area contributed by atoms with E-state index in [0.717, 1.165) is 4.90 Å². The molecule has 152 valence electrons. The Hall–Kier alpha value is -2.08. The Morgan fingerprint density at radius 3 is 2.30 bits per heavy atom. The molecule has 0 aliphatic carbocycles. The molecule has 4 amide bonds. The van der Waals surface area contributed by atoms with E-state index in [1.807, 2.05) is 23.1 Å². The summed E-state index contributed by atoms with van der Waals surface area (Å²) in [5.41, 5.74) is -0.241. The molecule has 2 N–H and O–H groups in total. The number of carbonyl (C=O) groups is 5. The number of rotatable bonds is 13. The van der Waals surface area contributed by atoms with Crippen molar-refractivity contribution in [1.29, 1.82) is 0 Å². The van der Waals surface area contributed by atoms with Crippen LogP contribution in [0.2, 0.25) is 0 Å². The Balaban J connectivity index is 4.25. The number of allylic oxidation sites excluding steroid dienone is 1. The lowest BCUT2D eigenvalue weighted by atomic mass is 10.0. The van der Waals surface area contributed by atoms with Gasteiger partial charge in [0.1, 0.15) is 6.04 Å². The highest BCUT2D eigenvalue weighted by Crippen LogP contribution is 2.06. The Morgan fingerprint density at radius 2 is 1.78 bits per heavy atom. The van der Waals surface area contributed by atoms with Gasteiger partial charge >= 0.3 is 0 Å². The summed E-state index contributed by atoms with van der Waals surface area (Å²) in [6.07, 6.45) is 5.47. The molecular weight excluding hydrogens is 369 g/mol. The minimum absolute atomic E-state index is 0.0955. The van der Waals surface area contributed by atoms with Gasteiger partial charge in [-0.25, -0.2) is 0 Å². The molecule has 0 saturated carbocycles. The molecule has 2 atom stereocenters. The maximum absolute atomic E-state index is 12.1. The number of nitrogens with one attached hydrogen (secondary N) is 2. The summed E-state index contributed by atoms with van der Waals surface area (Å²) in [7, 11) is 1.98. The topological polar surface area (TPSA) is 113 Å². The van der Waals surface area contributed by atoms with Crippen LogP contribution < -0.4 is 10.6 Å². The lowest BCUT2D eigenvalue weighted by Crippen LogP contribution is -2.50. The molecule has 0 spiro atoms. The van der Waals surface area contributed by atoms with Crippen molar-refractivity contribution in [3.05, 3.63) is 12.2 Å². The molecule has 9 heteroatoms. The van der Waals surface area contributed by atoms with Crippen LogP contribution in [-0.2, 0) is 24.0 Å². The first-order chi connectivity index (χ1) is 12.7. The summed E-state index contributed by atoms with van der Waals surface area (Å²) in [6, 6.07) is -0.703. The van der Waals surface area contributed by atoms with Gasteiger partial charge in [-0.15, -0.1) is 0 Å². The van der Waals surface area contributed by atoms with E-state index in [9.17, 15) is 24.0 Å². The van der Waals surface area contributed by atoms with Crippen molar-refractivity contribution in [2.24, 2.45) is 5.92 Å². The van der Waals surface area contributed by atoms with Crippen molar-refractivity contribution in [2.45, 2.75) is 52.5 Å². The Labute approximate surface area is 162 Å². The standard InChI is InChI=1S/C18H30N3O5P/c1-4-8-15(24)21(12-22)10-7-5-6-9-14(23)20-17(13(2)3)18(26)19-11-16(25)27/h4,8,12-13,17H,5-7,9-11,27H2,1-3H3,(H,19,26)(H,20,23)/b8-4-. The highest BCUT2D eigenvalue weighted by molar-refractivity contribution is 7.40. The smallest absolute Gasteiger partial charge is 0.252 e. The summed E-state index contributed by atoms with van der Waals surface area (Å²) in [5.74, 6) is -1.12. The minimum atomic E-state index is -0.703. The number of carbonyl (C=O) groups excluding carboxylic acids is 5. The van der Waals surface area contributed by atoms with E-state index in [0.29, 0.717) is 32.2 Å². The summed E-state index contributed by atoms with van der Waals surface area (Å²) in [6.45, 7) is 5.52. The molecule has 0 rings (SSSR count). The van der Waals surface area contributed by atoms with Gasteiger partial charge in [0.25, 0.3) is 5.91 Å². The van der Waals surface area contributed by atoms with Gasteiger partial charge in [-0.1, -0.05) is 35.6 Å². The van der Waals surface area contributed by atoms with Crippen LogP contribution in [0.5, 0.6) is 0 Å². The minimum Gasteiger partial charge on any atom is -0.347 e. The molecule has 0 aromatic heterocycles. The zero-order chi connectivity index (χ0) is 20.8. The fourth-order valence-corrected chi connectivity index (χ4v) is 2.36. The molecule has 27 heavy (non-hydrogen) atoms. The molecule has 0 bridgehead atoms. The van der Waals surface area contributed by atoms with E-state index in [2.05, 4.69) is 10.6 Å². The van der Waals surface area contributed by atoms with Gasteiger partial charge in [0.2, 0.25) is 18.2 Å². The van der Waals surface area contributed by atoms with Gasteiger partial charge in [0.05, 0.1) is 6.54 Å². The van der Waals surface area contributed by atoms with E-state index in [1.165, 1.54) is 6.08 Å². The average molecular weight is 399 g/mol. The van der Waals surface area contributed by atoms with E-state index in [-0.39, 0.29) is 36.2 Å². The quantitative estimate of drug-likeness (QED) is 0.206. The molecule has 0 aromatic carbocycles. The lowest BCUT2D eigenvalue weighted by molar-refractivity contribution is -0.134. The second-order valence-corrected chi connectivity index (χ2v) is 7.06. The number of nitrogens with zero attached hydrogens (tertiary/aromatic N) is 1. The summed E-state index contributed by atoms with van der Waals surface area (Å²) in [5, 5.41) is 5.17. The van der Waals surface area contributed by atoms with E-state index in [1.54, 1.807) is 13.0 Å². The molecule has 0 aromatic rings. The van der Waals surface area contributed by atoms with Crippen molar-refractivity contribution >= 4 is 38.9 Å². The summed E-state index contributed by atoms with van der Waals surface area (Å²) >= 11 is 0. The Morgan fingerprint density at radius 1 is 1.11 bits per heavy atom. The SMILES string of the molecule is C/C=C\C(=O)N(C=O)CCCCCC(=O)NC(C(=O)NCC(=O)P)C(C)C. The highest BCUT2D eigenvalue weighted by Gasteiger charge is 2.23. The first-order valence-electron chi connectivity index (χ1n) is 8.96. The van der Waals surface area contributed by atoms with Gasteiger partial charge in [0, 0.05) is 13.0 Å². The predicted molar refractivity (Wildman–Crippen MR) is 106 cm³/mol. The molecular formula is C18H30N3O5P. The molecule has 0 aliphatic rings. The fraction of sp³-hybridized carbons (Fsp3) is 0.611. The van der Waals surface area contributed by atoms with E-state index >= 15 is 0 Å². The second-order valence-electron chi connectivity index (χ2n) is 6.42. The Bertz CT molecular complexity index is 563. The third-order valence-corrected chi connectivity index (χ3v) is 3.93. The van der Waals surface area contributed by atoms with E-state index < -0.39 is 11.9 Å². The molecule has 2 unspecified atom stereocenters. The van der Waals surface area contributed by atoms with Crippen LogP contribution in [0.25, 0.3) is 0 Å².